The Hall–Kier alpha value is -2.67. The summed E-state index contributed by atoms with van der Waals surface area (Å²) in [7, 11) is 1.74. The Labute approximate surface area is 160 Å². The SMILES string of the molecule is Cc1nn(-c2ccccc2)c(C)c1NC(=O)CN(C)CC(=O)NC(C)(C)C. The number of amides is 2. The van der Waals surface area contributed by atoms with Gasteiger partial charge in [-0.05, 0) is 53.8 Å². The number of likely N-dealkylation sites (N-methyl/N-ethyl adjacent to an activating group) is 1. The number of hydrogen-bond acceptors (Lipinski definition) is 4. The minimum absolute atomic E-state index is 0.109. The average molecular weight is 371 g/mol. The Bertz CT molecular complexity index is 806. The first-order valence-electron chi connectivity index (χ1n) is 8.98. The first-order chi connectivity index (χ1) is 12.6. The number of carbonyl (C=O) groups is 2. The summed E-state index contributed by atoms with van der Waals surface area (Å²) >= 11 is 0. The summed E-state index contributed by atoms with van der Waals surface area (Å²) in [6.45, 7) is 9.83. The maximum atomic E-state index is 12.4. The van der Waals surface area contributed by atoms with E-state index in [1.807, 2.05) is 69.6 Å². The van der Waals surface area contributed by atoms with E-state index in [0.717, 1.165) is 17.1 Å². The number of carbonyl (C=O) groups excluding carboxylic acids is 2. The Balaban J connectivity index is 2.00. The van der Waals surface area contributed by atoms with E-state index < -0.39 is 0 Å². The molecule has 0 aliphatic heterocycles. The van der Waals surface area contributed by atoms with Crippen LogP contribution in [0.1, 0.15) is 32.2 Å². The highest BCUT2D eigenvalue weighted by Gasteiger charge is 2.18. The van der Waals surface area contributed by atoms with E-state index in [9.17, 15) is 9.59 Å². The lowest BCUT2D eigenvalue weighted by atomic mass is 10.1. The third kappa shape index (κ3) is 5.92. The van der Waals surface area contributed by atoms with Crippen LogP contribution in [-0.2, 0) is 9.59 Å². The monoisotopic (exact) mass is 371 g/mol. The zero-order valence-electron chi connectivity index (χ0n) is 17.0. The molecule has 0 aliphatic rings. The summed E-state index contributed by atoms with van der Waals surface area (Å²) in [4.78, 5) is 26.1. The maximum Gasteiger partial charge on any atom is 0.238 e. The molecule has 0 spiro atoms. The molecule has 2 rings (SSSR count). The van der Waals surface area contributed by atoms with Gasteiger partial charge in [-0.2, -0.15) is 5.10 Å². The van der Waals surface area contributed by atoms with Crippen molar-refractivity contribution in [2.24, 2.45) is 0 Å². The molecule has 0 radical (unpaired) electrons. The molecule has 0 unspecified atom stereocenters. The highest BCUT2D eigenvalue weighted by atomic mass is 16.2. The third-order valence-corrected chi connectivity index (χ3v) is 3.90. The summed E-state index contributed by atoms with van der Waals surface area (Å²) in [5.74, 6) is -0.290. The predicted octanol–water partition coefficient (Wildman–Crippen LogP) is 2.27. The van der Waals surface area contributed by atoms with Crippen LogP contribution in [0.2, 0.25) is 0 Å². The van der Waals surface area contributed by atoms with E-state index >= 15 is 0 Å². The van der Waals surface area contributed by atoms with Crippen LogP contribution in [0.5, 0.6) is 0 Å². The van der Waals surface area contributed by atoms with E-state index in [1.165, 1.54) is 0 Å². The molecule has 1 heterocycles. The van der Waals surface area contributed by atoms with Gasteiger partial charge in [-0.1, -0.05) is 18.2 Å². The summed E-state index contributed by atoms with van der Waals surface area (Å²) in [5.41, 5.74) is 2.96. The van der Waals surface area contributed by atoms with Crippen molar-refractivity contribution < 1.29 is 9.59 Å². The number of aromatic nitrogens is 2. The van der Waals surface area contributed by atoms with Gasteiger partial charge in [0.2, 0.25) is 11.8 Å². The fourth-order valence-corrected chi connectivity index (χ4v) is 2.83. The van der Waals surface area contributed by atoms with Crippen molar-refractivity contribution in [3.05, 3.63) is 41.7 Å². The van der Waals surface area contributed by atoms with Gasteiger partial charge in [-0.25, -0.2) is 4.68 Å². The molecule has 146 valence electrons. The van der Waals surface area contributed by atoms with Gasteiger partial charge in [0.05, 0.1) is 35.9 Å². The van der Waals surface area contributed by atoms with Crippen LogP contribution in [0.25, 0.3) is 5.69 Å². The molecule has 2 amide bonds. The molecule has 0 fully saturated rings. The Kier molecular flexibility index (Phi) is 6.38. The van der Waals surface area contributed by atoms with Gasteiger partial charge < -0.3 is 10.6 Å². The zero-order valence-corrected chi connectivity index (χ0v) is 17.0. The van der Waals surface area contributed by atoms with Gasteiger partial charge in [-0.15, -0.1) is 0 Å². The standard InChI is InChI=1S/C20H29N5O2/c1-14-19(15(2)25(23-14)16-10-8-7-9-11-16)21-17(26)12-24(6)13-18(27)22-20(3,4)5/h7-11H,12-13H2,1-6H3,(H,21,26)(H,22,27). The summed E-state index contributed by atoms with van der Waals surface area (Å²) in [5, 5.41) is 10.3. The average Bonchev–Trinajstić information content (AvgIpc) is 2.81. The molecule has 2 aromatic rings. The number of benzene rings is 1. The van der Waals surface area contributed by atoms with Gasteiger partial charge in [-0.3, -0.25) is 14.5 Å². The number of hydrogen-bond donors (Lipinski definition) is 2. The van der Waals surface area contributed by atoms with Crippen LogP contribution in [0.15, 0.2) is 30.3 Å². The summed E-state index contributed by atoms with van der Waals surface area (Å²) < 4.78 is 1.81. The van der Waals surface area contributed by atoms with Crippen LogP contribution >= 0.6 is 0 Å². The minimum atomic E-state index is -0.291. The lowest BCUT2D eigenvalue weighted by Crippen LogP contribution is -2.46. The van der Waals surface area contributed by atoms with Crippen molar-refractivity contribution in [3.8, 4) is 5.69 Å². The molecule has 27 heavy (non-hydrogen) atoms. The summed E-state index contributed by atoms with van der Waals surface area (Å²) in [6, 6.07) is 9.77. The molecular formula is C20H29N5O2. The molecule has 0 atom stereocenters. The second-order valence-electron chi connectivity index (χ2n) is 7.81. The molecule has 1 aromatic heterocycles. The van der Waals surface area contributed by atoms with Crippen LogP contribution in [0, 0.1) is 13.8 Å². The van der Waals surface area contributed by atoms with E-state index in [4.69, 9.17) is 0 Å². The minimum Gasteiger partial charge on any atom is -0.350 e. The normalized spacial score (nSPS) is 11.5. The van der Waals surface area contributed by atoms with Crippen LogP contribution < -0.4 is 10.6 Å². The molecule has 7 heteroatoms. The molecule has 0 aliphatic carbocycles. The predicted molar refractivity (Wildman–Crippen MR) is 107 cm³/mol. The van der Waals surface area contributed by atoms with Gasteiger partial charge in [0.25, 0.3) is 0 Å². The smallest absolute Gasteiger partial charge is 0.238 e. The summed E-state index contributed by atoms with van der Waals surface area (Å²) in [6.07, 6.45) is 0. The molecule has 1 aromatic carbocycles. The second kappa shape index (κ2) is 8.35. The number of aryl methyl sites for hydroxylation is 1. The van der Waals surface area contributed by atoms with Crippen molar-refractivity contribution in [1.82, 2.24) is 20.0 Å². The van der Waals surface area contributed by atoms with Crippen molar-refractivity contribution in [1.29, 1.82) is 0 Å². The van der Waals surface area contributed by atoms with E-state index in [2.05, 4.69) is 15.7 Å². The Morgan fingerprint density at radius 3 is 2.26 bits per heavy atom. The molecule has 0 bridgehead atoms. The number of anilines is 1. The fourth-order valence-electron chi connectivity index (χ4n) is 2.83. The number of rotatable bonds is 6. The third-order valence-electron chi connectivity index (χ3n) is 3.90. The van der Waals surface area contributed by atoms with Gasteiger partial charge in [0.1, 0.15) is 0 Å². The lowest BCUT2D eigenvalue weighted by Gasteiger charge is -2.23. The van der Waals surface area contributed by atoms with Crippen molar-refractivity contribution in [2.45, 2.75) is 40.2 Å². The van der Waals surface area contributed by atoms with E-state index in [0.29, 0.717) is 5.69 Å². The lowest BCUT2D eigenvalue weighted by molar-refractivity contribution is -0.124. The second-order valence-corrected chi connectivity index (χ2v) is 7.81. The number of nitrogens with zero attached hydrogens (tertiary/aromatic N) is 3. The van der Waals surface area contributed by atoms with Gasteiger partial charge in [0.15, 0.2) is 0 Å². The van der Waals surface area contributed by atoms with Gasteiger partial charge >= 0.3 is 0 Å². The zero-order chi connectivity index (χ0) is 20.2. The quantitative estimate of drug-likeness (QED) is 0.816. The highest BCUT2D eigenvalue weighted by molar-refractivity contribution is 5.93. The van der Waals surface area contributed by atoms with E-state index in [1.54, 1.807) is 11.9 Å². The Morgan fingerprint density at radius 1 is 1.07 bits per heavy atom. The molecule has 0 saturated heterocycles. The topological polar surface area (TPSA) is 79.3 Å². The van der Waals surface area contributed by atoms with Crippen molar-refractivity contribution in [2.75, 3.05) is 25.5 Å². The molecule has 7 nitrogen and oxygen atoms in total. The molecular weight excluding hydrogens is 342 g/mol. The van der Waals surface area contributed by atoms with E-state index in [-0.39, 0.29) is 30.4 Å². The largest absolute Gasteiger partial charge is 0.350 e. The number of para-hydroxylation sites is 1. The van der Waals surface area contributed by atoms with Crippen molar-refractivity contribution >= 4 is 17.5 Å². The highest BCUT2D eigenvalue weighted by Crippen LogP contribution is 2.22. The maximum absolute atomic E-state index is 12.4. The first kappa shape index (κ1) is 20.6. The molecule has 0 saturated carbocycles. The van der Waals surface area contributed by atoms with Crippen LogP contribution in [0.3, 0.4) is 0 Å². The Morgan fingerprint density at radius 2 is 1.67 bits per heavy atom. The van der Waals surface area contributed by atoms with Crippen LogP contribution in [-0.4, -0.2) is 52.2 Å². The van der Waals surface area contributed by atoms with Crippen LogP contribution in [0.4, 0.5) is 5.69 Å². The first-order valence-corrected chi connectivity index (χ1v) is 8.98. The number of nitrogens with one attached hydrogen (secondary N) is 2. The van der Waals surface area contributed by atoms with Crippen molar-refractivity contribution in [3.63, 3.8) is 0 Å². The van der Waals surface area contributed by atoms with Gasteiger partial charge in [0, 0.05) is 5.54 Å². The fraction of sp³-hybridized carbons (Fsp3) is 0.450. The molecule has 2 N–H and O–H groups in total.